The van der Waals surface area contributed by atoms with E-state index in [1.54, 1.807) is 27.1 Å². The lowest BCUT2D eigenvalue weighted by molar-refractivity contribution is -0.146. The molecule has 3 rings (SSSR count). The third-order valence-corrected chi connectivity index (χ3v) is 7.81. The van der Waals surface area contributed by atoms with Gasteiger partial charge in [-0.3, -0.25) is 14.4 Å². The van der Waals surface area contributed by atoms with E-state index in [0.717, 1.165) is 21.2 Å². The van der Waals surface area contributed by atoms with E-state index in [1.165, 1.54) is 27.2 Å². The van der Waals surface area contributed by atoms with Crippen LogP contribution in [0, 0.1) is 0 Å². The van der Waals surface area contributed by atoms with Crippen molar-refractivity contribution in [3.05, 3.63) is 82.6 Å². The Balaban J connectivity index is 1.93. The van der Waals surface area contributed by atoms with Gasteiger partial charge in [-0.1, -0.05) is 54.6 Å². The number of carbonyl (C=O) groups excluding carboxylic acids is 3. The largest absolute Gasteiger partial charge is 0.392 e. The summed E-state index contributed by atoms with van der Waals surface area (Å²) in [4.78, 5) is 44.5. The van der Waals surface area contributed by atoms with E-state index < -0.39 is 23.7 Å². The van der Waals surface area contributed by atoms with Gasteiger partial charge in [-0.15, -0.1) is 11.3 Å². The summed E-state index contributed by atoms with van der Waals surface area (Å²) in [5.74, 6) is -1.04. The molecule has 1 aromatic heterocycles. The van der Waals surface area contributed by atoms with E-state index in [2.05, 4.69) is 5.32 Å². The van der Waals surface area contributed by atoms with Gasteiger partial charge in [0.2, 0.25) is 17.7 Å². The summed E-state index contributed by atoms with van der Waals surface area (Å²) in [7, 11) is 3.21. The first-order valence-corrected chi connectivity index (χ1v) is 14.7. The van der Waals surface area contributed by atoms with Crippen LogP contribution in [0.25, 0.3) is 10.8 Å². The quantitative estimate of drug-likeness (QED) is 0.269. The summed E-state index contributed by atoms with van der Waals surface area (Å²) in [6.45, 7) is 5.41. The summed E-state index contributed by atoms with van der Waals surface area (Å²) in [5.41, 5.74) is 6.49. The van der Waals surface area contributed by atoms with Crippen molar-refractivity contribution in [3.63, 3.8) is 0 Å². The number of rotatable bonds is 13. The Labute approximate surface area is 246 Å². The highest BCUT2D eigenvalue weighted by molar-refractivity contribution is 7.09. The maximum atomic E-state index is 14.2. The molecule has 8 nitrogen and oxygen atoms in total. The number of aliphatic hydroxyl groups is 1. The first kappa shape index (κ1) is 32.0. The number of nitrogens with two attached hydrogens (primary N) is 1. The molecule has 2 aromatic carbocycles. The maximum absolute atomic E-state index is 14.2. The predicted molar refractivity (Wildman–Crippen MR) is 166 cm³/mol. The lowest BCUT2D eigenvalue weighted by atomic mass is 9.99. The summed E-state index contributed by atoms with van der Waals surface area (Å²) < 4.78 is 0. The number of thiophene rings is 1. The first-order chi connectivity index (χ1) is 19.4. The van der Waals surface area contributed by atoms with Gasteiger partial charge in [0.05, 0.1) is 6.10 Å². The average molecular weight is 579 g/mol. The average Bonchev–Trinajstić information content (AvgIpc) is 3.44. The van der Waals surface area contributed by atoms with Gasteiger partial charge in [0.25, 0.3) is 0 Å². The van der Waals surface area contributed by atoms with Crippen LogP contribution >= 0.6 is 11.3 Å². The second kappa shape index (κ2) is 14.4. The van der Waals surface area contributed by atoms with Crippen molar-refractivity contribution < 1.29 is 19.5 Å². The van der Waals surface area contributed by atoms with Crippen LogP contribution in [0.1, 0.15) is 37.6 Å². The molecule has 0 radical (unpaired) electrons. The van der Waals surface area contributed by atoms with Crippen molar-refractivity contribution in [2.24, 2.45) is 5.73 Å². The van der Waals surface area contributed by atoms with Crippen LogP contribution in [0.5, 0.6) is 0 Å². The van der Waals surface area contributed by atoms with Gasteiger partial charge in [-0.2, -0.15) is 0 Å². The van der Waals surface area contributed by atoms with Crippen LogP contribution in [0.3, 0.4) is 0 Å². The second-order valence-electron chi connectivity index (χ2n) is 11.3. The fourth-order valence-electron chi connectivity index (χ4n) is 4.49. The molecule has 0 fully saturated rings. The van der Waals surface area contributed by atoms with Crippen molar-refractivity contribution in [1.82, 2.24) is 15.1 Å². The lowest BCUT2D eigenvalue weighted by Crippen LogP contribution is -2.56. The minimum Gasteiger partial charge on any atom is -0.392 e. The van der Waals surface area contributed by atoms with Crippen LogP contribution in [0.4, 0.5) is 0 Å². The molecular weight excluding hydrogens is 536 g/mol. The molecular formula is C32H42N4O4S. The van der Waals surface area contributed by atoms with Crippen LogP contribution in [-0.2, 0) is 27.2 Å². The van der Waals surface area contributed by atoms with Crippen LogP contribution in [-0.4, -0.2) is 77.0 Å². The fourth-order valence-corrected chi connectivity index (χ4v) is 5.24. The number of amides is 3. The highest BCUT2D eigenvalue weighted by atomic mass is 32.1. The monoisotopic (exact) mass is 578 g/mol. The summed E-state index contributed by atoms with van der Waals surface area (Å²) in [6.07, 6.45) is 3.54. The van der Waals surface area contributed by atoms with E-state index in [4.69, 9.17) is 5.73 Å². The molecule has 220 valence electrons. The molecule has 3 atom stereocenters. The Kier molecular flexibility index (Phi) is 11.2. The third kappa shape index (κ3) is 9.52. The zero-order valence-corrected chi connectivity index (χ0v) is 25.4. The topological polar surface area (TPSA) is 116 Å². The highest BCUT2D eigenvalue weighted by Crippen LogP contribution is 2.21. The van der Waals surface area contributed by atoms with E-state index in [-0.39, 0.29) is 30.7 Å². The maximum Gasteiger partial charge on any atom is 0.246 e. The molecule has 9 heteroatoms. The minimum atomic E-state index is -0.861. The highest BCUT2D eigenvalue weighted by Gasteiger charge is 2.35. The summed E-state index contributed by atoms with van der Waals surface area (Å²) >= 11 is 1.51. The Bertz CT molecular complexity index is 1350. The minimum absolute atomic E-state index is 0.0724. The molecule has 3 aromatic rings. The number of aliphatic hydroxyl groups excluding tert-OH is 1. The van der Waals surface area contributed by atoms with E-state index in [9.17, 15) is 19.5 Å². The number of likely N-dealkylation sites (N-methyl/N-ethyl adjacent to an activating group) is 2. The van der Waals surface area contributed by atoms with Gasteiger partial charge < -0.3 is 26.0 Å². The third-order valence-electron chi connectivity index (χ3n) is 6.91. The number of benzene rings is 2. The smallest absolute Gasteiger partial charge is 0.246 e. The lowest BCUT2D eigenvalue weighted by Gasteiger charge is -2.34. The molecule has 1 heterocycles. The van der Waals surface area contributed by atoms with Gasteiger partial charge in [0.1, 0.15) is 12.1 Å². The molecule has 0 aliphatic carbocycles. The van der Waals surface area contributed by atoms with Gasteiger partial charge >= 0.3 is 0 Å². The number of hydrogen-bond donors (Lipinski definition) is 3. The van der Waals surface area contributed by atoms with Crippen molar-refractivity contribution in [2.45, 2.75) is 63.8 Å². The van der Waals surface area contributed by atoms with Crippen molar-refractivity contribution >= 4 is 39.8 Å². The molecule has 0 bridgehead atoms. The Morgan fingerprint density at radius 3 is 2.34 bits per heavy atom. The molecule has 41 heavy (non-hydrogen) atoms. The molecule has 0 aliphatic heterocycles. The van der Waals surface area contributed by atoms with Crippen LogP contribution < -0.4 is 11.1 Å². The van der Waals surface area contributed by atoms with E-state index >= 15 is 0 Å². The SMILES string of the molecule is C[C@@H](O)CNC(=O)[C@@H](Cc1cccs1)N(C)C(=O)[C@@H](Cc1ccc2ccccc2c1)N(C)C(=O)/C=C/CC(C)(C)N. The number of hydrogen-bond acceptors (Lipinski definition) is 6. The van der Waals surface area contributed by atoms with Gasteiger partial charge in [-0.25, -0.2) is 0 Å². The second-order valence-corrected chi connectivity index (χ2v) is 12.3. The summed E-state index contributed by atoms with van der Waals surface area (Å²) in [6, 6.07) is 16.1. The first-order valence-electron chi connectivity index (χ1n) is 13.8. The molecule has 4 N–H and O–H groups in total. The molecule has 0 saturated carbocycles. The molecule has 0 aliphatic rings. The van der Waals surface area contributed by atoms with Gasteiger partial charge in [0.15, 0.2) is 0 Å². The predicted octanol–water partition coefficient (Wildman–Crippen LogP) is 3.52. The zero-order valence-electron chi connectivity index (χ0n) is 24.5. The van der Waals surface area contributed by atoms with Crippen LogP contribution in [0.2, 0.25) is 0 Å². The Morgan fingerprint density at radius 2 is 1.71 bits per heavy atom. The molecule has 0 unspecified atom stereocenters. The summed E-state index contributed by atoms with van der Waals surface area (Å²) in [5, 5.41) is 16.5. The standard InChI is InChI=1S/C32H42N4O4S/c1-22(37)21-34-30(39)27(20-26-12-9-17-41-26)36(5)31(40)28(35(4)29(38)13-8-16-32(2,3)33)19-23-14-15-24-10-6-7-11-25(24)18-23/h6-15,17-18,22,27-28,37H,16,19-21,33H2,1-5H3,(H,34,39)/b13-8+/t22-,27-,28-/m1/s1. The Morgan fingerprint density at radius 1 is 1.00 bits per heavy atom. The zero-order chi connectivity index (χ0) is 30.2. The van der Waals surface area contributed by atoms with Gasteiger partial charge in [-0.05, 0) is 61.1 Å². The number of fused-ring (bicyclic) bond motifs is 1. The Hall–Kier alpha value is -3.53. The molecule has 3 amide bonds. The van der Waals surface area contributed by atoms with Crippen molar-refractivity contribution in [2.75, 3.05) is 20.6 Å². The normalized spacial score (nSPS) is 14.0. The molecule has 0 spiro atoms. The van der Waals surface area contributed by atoms with Crippen molar-refractivity contribution in [1.29, 1.82) is 0 Å². The number of nitrogens with zero attached hydrogens (tertiary/aromatic N) is 2. The van der Waals surface area contributed by atoms with Crippen LogP contribution in [0.15, 0.2) is 72.1 Å². The van der Waals surface area contributed by atoms with E-state index in [1.807, 2.05) is 73.8 Å². The number of carbonyl (C=O) groups is 3. The van der Waals surface area contributed by atoms with E-state index in [0.29, 0.717) is 12.8 Å². The number of nitrogens with one attached hydrogen (secondary N) is 1. The van der Waals surface area contributed by atoms with Crippen molar-refractivity contribution in [3.8, 4) is 0 Å². The van der Waals surface area contributed by atoms with Gasteiger partial charge in [0, 0.05) is 43.9 Å². The fraction of sp³-hybridized carbons (Fsp3) is 0.406. The molecule has 0 saturated heterocycles.